The summed E-state index contributed by atoms with van der Waals surface area (Å²) in [4.78, 5) is 21.3. The summed E-state index contributed by atoms with van der Waals surface area (Å²) in [7, 11) is 0. The van der Waals surface area contributed by atoms with E-state index in [0.29, 0.717) is 5.92 Å². The average molecular weight is 524 g/mol. The molecule has 0 unspecified atom stereocenters. The van der Waals surface area contributed by atoms with Crippen LogP contribution in [0.15, 0.2) is 4.99 Å². The van der Waals surface area contributed by atoms with Crippen molar-refractivity contribution in [3.63, 3.8) is 0 Å². The van der Waals surface area contributed by atoms with Gasteiger partial charge in [0.1, 0.15) is 5.60 Å². The number of likely N-dealkylation sites (tertiary alicyclic amines) is 2. The van der Waals surface area contributed by atoms with Crippen LogP contribution in [0.2, 0.25) is 0 Å². The number of hydrogen-bond acceptors (Lipinski definition) is 4. The van der Waals surface area contributed by atoms with Crippen molar-refractivity contribution in [3.05, 3.63) is 0 Å². The van der Waals surface area contributed by atoms with Gasteiger partial charge in [-0.3, -0.25) is 4.99 Å². The number of piperidine rings is 2. The molecule has 7 nitrogen and oxygen atoms in total. The molecule has 2 saturated heterocycles. The van der Waals surface area contributed by atoms with E-state index in [4.69, 9.17) is 9.73 Å². The Balaban J connectivity index is 0.00000420. The second-order valence-electron chi connectivity index (χ2n) is 8.96. The van der Waals surface area contributed by atoms with Gasteiger partial charge in [0.25, 0.3) is 0 Å². The first-order valence-electron chi connectivity index (χ1n) is 11.1. The fourth-order valence-electron chi connectivity index (χ4n) is 3.70. The van der Waals surface area contributed by atoms with Crippen LogP contribution in [0.4, 0.5) is 4.79 Å². The Morgan fingerprint density at radius 2 is 1.72 bits per heavy atom. The first-order valence-corrected chi connectivity index (χ1v) is 11.1. The lowest BCUT2D eigenvalue weighted by Gasteiger charge is -2.33. The molecule has 0 atom stereocenters. The number of carbonyl (C=O) groups is 1. The highest BCUT2D eigenvalue weighted by Gasteiger charge is 2.26. The SMILES string of the molecule is CCNC(=NCC1CCN(C(=O)OC(C)(C)C)CC1)NCCN1CCCCC1.I. The fraction of sp³-hybridized carbons (Fsp3) is 0.905. The summed E-state index contributed by atoms with van der Waals surface area (Å²) in [5, 5.41) is 6.82. The zero-order valence-electron chi connectivity index (χ0n) is 18.8. The van der Waals surface area contributed by atoms with Gasteiger partial charge >= 0.3 is 6.09 Å². The number of nitrogens with zero attached hydrogens (tertiary/aromatic N) is 3. The molecular weight excluding hydrogens is 481 g/mol. The maximum absolute atomic E-state index is 12.2. The zero-order valence-corrected chi connectivity index (χ0v) is 21.2. The van der Waals surface area contributed by atoms with Crippen LogP contribution in [0.25, 0.3) is 0 Å². The minimum atomic E-state index is -0.432. The van der Waals surface area contributed by atoms with Crippen LogP contribution in [0.1, 0.15) is 59.8 Å². The van der Waals surface area contributed by atoms with Crippen LogP contribution < -0.4 is 10.6 Å². The van der Waals surface area contributed by atoms with Crippen molar-refractivity contribution in [2.75, 3.05) is 52.4 Å². The number of rotatable bonds is 6. The number of amides is 1. The highest BCUT2D eigenvalue weighted by molar-refractivity contribution is 14.0. The maximum atomic E-state index is 12.2. The second kappa shape index (κ2) is 13.5. The Hall–Kier alpha value is -0.770. The van der Waals surface area contributed by atoms with Gasteiger partial charge in [-0.25, -0.2) is 4.79 Å². The Labute approximate surface area is 194 Å². The van der Waals surface area contributed by atoms with E-state index in [9.17, 15) is 4.79 Å². The van der Waals surface area contributed by atoms with Gasteiger partial charge in [-0.15, -0.1) is 24.0 Å². The van der Waals surface area contributed by atoms with Crippen molar-refractivity contribution in [2.24, 2.45) is 10.9 Å². The van der Waals surface area contributed by atoms with Gasteiger partial charge in [0, 0.05) is 39.3 Å². The lowest BCUT2D eigenvalue weighted by atomic mass is 9.97. The van der Waals surface area contributed by atoms with Crippen LogP contribution in [-0.4, -0.2) is 79.8 Å². The summed E-state index contributed by atoms with van der Waals surface area (Å²) < 4.78 is 5.47. The van der Waals surface area contributed by atoms with Crippen LogP contribution in [0.3, 0.4) is 0 Å². The third-order valence-corrected chi connectivity index (χ3v) is 5.29. The minimum absolute atomic E-state index is 0. The lowest BCUT2D eigenvalue weighted by Crippen LogP contribution is -2.44. The molecule has 29 heavy (non-hydrogen) atoms. The zero-order chi connectivity index (χ0) is 20.4. The highest BCUT2D eigenvalue weighted by atomic mass is 127. The number of nitrogens with one attached hydrogen (secondary N) is 2. The predicted octanol–water partition coefficient (Wildman–Crippen LogP) is 3.29. The summed E-state index contributed by atoms with van der Waals surface area (Å²) >= 11 is 0. The molecule has 2 N–H and O–H groups in total. The van der Waals surface area contributed by atoms with E-state index in [1.165, 1.54) is 32.4 Å². The molecule has 1 amide bonds. The molecule has 0 radical (unpaired) electrons. The summed E-state index contributed by atoms with van der Waals surface area (Å²) in [6, 6.07) is 0. The lowest BCUT2D eigenvalue weighted by molar-refractivity contribution is 0.0187. The van der Waals surface area contributed by atoms with E-state index in [2.05, 4.69) is 22.5 Å². The third-order valence-electron chi connectivity index (χ3n) is 5.29. The van der Waals surface area contributed by atoms with E-state index in [1.807, 2.05) is 25.7 Å². The first kappa shape index (κ1) is 26.3. The number of halogens is 1. The molecular formula is C21H42IN5O2. The topological polar surface area (TPSA) is 69.2 Å². The van der Waals surface area contributed by atoms with Gasteiger partial charge in [-0.2, -0.15) is 0 Å². The van der Waals surface area contributed by atoms with Crippen LogP contribution in [0.5, 0.6) is 0 Å². The van der Waals surface area contributed by atoms with Gasteiger partial charge in [-0.05, 0) is 72.4 Å². The Morgan fingerprint density at radius 3 is 2.31 bits per heavy atom. The predicted molar refractivity (Wildman–Crippen MR) is 130 cm³/mol. The molecule has 2 rings (SSSR count). The van der Waals surface area contributed by atoms with E-state index >= 15 is 0 Å². The number of ether oxygens (including phenoxy) is 1. The first-order chi connectivity index (χ1) is 13.4. The normalized spacial score (nSPS) is 19.4. The molecule has 0 aromatic heterocycles. The van der Waals surface area contributed by atoms with E-state index < -0.39 is 5.60 Å². The molecule has 0 bridgehead atoms. The van der Waals surface area contributed by atoms with Crippen LogP contribution >= 0.6 is 24.0 Å². The monoisotopic (exact) mass is 523 g/mol. The summed E-state index contributed by atoms with van der Waals surface area (Å²) in [5.74, 6) is 1.44. The van der Waals surface area contributed by atoms with Gasteiger partial charge in [-0.1, -0.05) is 6.42 Å². The summed E-state index contributed by atoms with van der Waals surface area (Å²) in [6.07, 6.45) is 5.81. The molecule has 2 heterocycles. The Bertz CT molecular complexity index is 496. The second-order valence-corrected chi connectivity index (χ2v) is 8.96. The molecule has 170 valence electrons. The average Bonchev–Trinajstić information content (AvgIpc) is 2.66. The highest BCUT2D eigenvalue weighted by Crippen LogP contribution is 2.20. The fourth-order valence-corrected chi connectivity index (χ4v) is 3.70. The van der Waals surface area contributed by atoms with Crippen molar-refractivity contribution in [1.29, 1.82) is 0 Å². The van der Waals surface area contributed by atoms with Crippen molar-refractivity contribution in [1.82, 2.24) is 20.4 Å². The molecule has 2 aliphatic heterocycles. The van der Waals surface area contributed by atoms with E-state index in [-0.39, 0.29) is 30.1 Å². The van der Waals surface area contributed by atoms with Crippen molar-refractivity contribution in [2.45, 2.75) is 65.4 Å². The number of aliphatic imine (C=N–C) groups is 1. The molecule has 0 spiro atoms. The quantitative estimate of drug-likeness (QED) is 0.318. The molecule has 0 aromatic rings. The third kappa shape index (κ3) is 10.7. The molecule has 2 fully saturated rings. The van der Waals surface area contributed by atoms with Crippen molar-refractivity contribution >= 4 is 36.0 Å². The van der Waals surface area contributed by atoms with E-state index in [1.54, 1.807) is 0 Å². The maximum Gasteiger partial charge on any atom is 0.410 e. The Kier molecular flexibility index (Phi) is 12.2. The number of carbonyl (C=O) groups excluding carboxylic acids is 1. The number of guanidine groups is 1. The standard InChI is InChI=1S/C21H41N5O2.HI/c1-5-22-19(23-11-16-25-12-7-6-8-13-25)24-17-18-9-14-26(15-10-18)20(27)28-21(2,3)4;/h18H,5-17H2,1-4H3,(H2,22,23,24);1H. The van der Waals surface area contributed by atoms with Gasteiger partial charge in [0.15, 0.2) is 5.96 Å². The summed E-state index contributed by atoms with van der Waals surface area (Å²) in [5.41, 5.74) is -0.432. The largest absolute Gasteiger partial charge is 0.444 e. The van der Waals surface area contributed by atoms with E-state index in [0.717, 1.165) is 58.1 Å². The molecule has 0 saturated carbocycles. The van der Waals surface area contributed by atoms with Gasteiger partial charge < -0.3 is 25.2 Å². The molecule has 0 aliphatic carbocycles. The van der Waals surface area contributed by atoms with Crippen molar-refractivity contribution in [3.8, 4) is 0 Å². The minimum Gasteiger partial charge on any atom is -0.444 e. The smallest absolute Gasteiger partial charge is 0.410 e. The molecule has 8 heteroatoms. The van der Waals surface area contributed by atoms with Gasteiger partial charge in [0.05, 0.1) is 0 Å². The summed E-state index contributed by atoms with van der Waals surface area (Å²) in [6.45, 7) is 15.5. The van der Waals surface area contributed by atoms with Crippen molar-refractivity contribution < 1.29 is 9.53 Å². The Morgan fingerprint density at radius 1 is 1.07 bits per heavy atom. The molecule has 0 aromatic carbocycles. The molecule has 2 aliphatic rings. The van der Waals surface area contributed by atoms with Gasteiger partial charge in [0.2, 0.25) is 0 Å². The number of hydrogen-bond donors (Lipinski definition) is 2. The van der Waals surface area contributed by atoms with Crippen LogP contribution in [-0.2, 0) is 4.74 Å². The van der Waals surface area contributed by atoms with Crippen LogP contribution in [0, 0.1) is 5.92 Å².